The Morgan fingerprint density at radius 2 is 2.19 bits per heavy atom. The molecule has 0 saturated heterocycles. The van der Waals surface area contributed by atoms with Gasteiger partial charge < -0.3 is 19.2 Å². The van der Waals surface area contributed by atoms with E-state index in [9.17, 15) is 9.59 Å². The SMILES string of the molecule is C[C@@H]1c2cccn2CCN1C(=O)CNC(=O)c1ccco1. The normalized spacial score (nSPS) is 17.4. The van der Waals surface area contributed by atoms with Crippen molar-refractivity contribution in [2.75, 3.05) is 13.1 Å². The lowest BCUT2D eigenvalue weighted by molar-refractivity contribution is -0.133. The second-order valence-corrected chi connectivity index (χ2v) is 5.05. The van der Waals surface area contributed by atoms with E-state index >= 15 is 0 Å². The summed E-state index contributed by atoms with van der Waals surface area (Å²) in [6.45, 7) is 3.41. The number of amides is 2. The minimum Gasteiger partial charge on any atom is -0.459 e. The van der Waals surface area contributed by atoms with Crippen molar-refractivity contribution < 1.29 is 14.0 Å². The third kappa shape index (κ3) is 2.56. The molecule has 21 heavy (non-hydrogen) atoms. The summed E-state index contributed by atoms with van der Waals surface area (Å²) in [6.07, 6.45) is 3.45. The molecule has 0 unspecified atom stereocenters. The molecule has 2 aromatic heterocycles. The van der Waals surface area contributed by atoms with E-state index in [-0.39, 0.29) is 30.2 Å². The molecule has 2 aromatic rings. The highest BCUT2D eigenvalue weighted by atomic mass is 16.3. The Morgan fingerprint density at radius 3 is 2.95 bits per heavy atom. The Bertz CT molecular complexity index is 645. The average molecular weight is 287 g/mol. The van der Waals surface area contributed by atoms with Crippen molar-refractivity contribution in [1.82, 2.24) is 14.8 Å². The summed E-state index contributed by atoms with van der Waals surface area (Å²) in [5.74, 6) is -0.250. The fourth-order valence-electron chi connectivity index (χ4n) is 2.67. The molecule has 3 rings (SSSR count). The van der Waals surface area contributed by atoms with Crippen LogP contribution >= 0.6 is 0 Å². The van der Waals surface area contributed by atoms with Crippen LogP contribution in [-0.4, -0.2) is 34.4 Å². The van der Waals surface area contributed by atoms with Crippen LogP contribution < -0.4 is 5.32 Å². The van der Waals surface area contributed by atoms with Crippen LogP contribution in [0.1, 0.15) is 29.2 Å². The third-order valence-electron chi connectivity index (χ3n) is 3.81. The van der Waals surface area contributed by atoms with Gasteiger partial charge in [-0.2, -0.15) is 0 Å². The summed E-state index contributed by atoms with van der Waals surface area (Å²) in [5, 5.41) is 2.59. The molecule has 0 aromatic carbocycles. The van der Waals surface area contributed by atoms with Crippen molar-refractivity contribution in [3.63, 3.8) is 0 Å². The number of nitrogens with one attached hydrogen (secondary N) is 1. The fraction of sp³-hybridized carbons (Fsp3) is 0.333. The number of carbonyl (C=O) groups is 2. The van der Waals surface area contributed by atoms with E-state index in [4.69, 9.17) is 4.42 Å². The number of aromatic nitrogens is 1. The predicted octanol–water partition coefficient (Wildman–Crippen LogP) is 1.41. The lowest BCUT2D eigenvalue weighted by Gasteiger charge is -2.35. The maximum Gasteiger partial charge on any atom is 0.287 e. The highest BCUT2D eigenvalue weighted by Crippen LogP contribution is 2.24. The van der Waals surface area contributed by atoms with Crippen molar-refractivity contribution in [1.29, 1.82) is 0 Å². The summed E-state index contributed by atoms with van der Waals surface area (Å²) in [4.78, 5) is 25.8. The monoisotopic (exact) mass is 287 g/mol. The molecular formula is C15H17N3O3. The molecule has 1 aliphatic rings. The molecule has 1 N–H and O–H groups in total. The van der Waals surface area contributed by atoms with Crippen molar-refractivity contribution >= 4 is 11.8 Å². The molecule has 1 atom stereocenters. The number of rotatable bonds is 3. The molecule has 6 heteroatoms. The van der Waals surface area contributed by atoms with E-state index in [1.807, 2.05) is 25.3 Å². The van der Waals surface area contributed by atoms with Crippen molar-refractivity contribution in [3.8, 4) is 0 Å². The summed E-state index contributed by atoms with van der Waals surface area (Å²) < 4.78 is 7.14. The highest BCUT2D eigenvalue weighted by Gasteiger charge is 2.27. The molecule has 0 radical (unpaired) electrons. The molecule has 0 fully saturated rings. The van der Waals surface area contributed by atoms with Gasteiger partial charge >= 0.3 is 0 Å². The number of nitrogens with zero attached hydrogens (tertiary/aromatic N) is 2. The summed E-state index contributed by atoms with van der Waals surface area (Å²) >= 11 is 0. The average Bonchev–Trinajstić information content (AvgIpc) is 3.15. The van der Waals surface area contributed by atoms with E-state index in [1.54, 1.807) is 17.0 Å². The van der Waals surface area contributed by atoms with Crippen molar-refractivity contribution in [2.45, 2.75) is 19.5 Å². The molecule has 0 aliphatic carbocycles. The molecule has 2 amide bonds. The molecule has 1 aliphatic heterocycles. The smallest absolute Gasteiger partial charge is 0.287 e. The van der Waals surface area contributed by atoms with Crippen molar-refractivity contribution in [3.05, 3.63) is 48.2 Å². The number of carbonyl (C=O) groups excluding carboxylic acids is 2. The largest absolute Gasteiger partial charge is 0.459 e. The summed E-state index contributed by atoms with van der Waals surface area (Å²) in [6, 6.07) is 7.22. The van der Waals surface area contributed by atoms with Gasteiger partial charge in [-0.1, -0.05) is 0 Å². The minimum absolute atomic E-state index is 0.0155. The Morgan fingerprint density at radius 1 is 1.33 bits per heavy atom. The standard InChI is InChI=1S/C15H17N3O3/c1-11-12-4-2-6-17(12)7-8-18(11)14(19)10-16-15(20)13-5-3-9-21-13/h2-6,9,11H,7-8,10H2,1H3,(H,16,20)/t11-/m1/s1. The van der Waals surface area contributed by atoms with Gasteiger partial charge in [0.05, 0.1) is 18.8 Å². The van der Waals surface area contributed by atoms with Gasteiger partial charge in [-0.25, -0.2) is 0 Å². The van der Waals surface area contributed by atoms with Gasteiger partial charge in [0.2, 0.25) is 5.91 Å². The van der Waals surface area contributed by atoms with Crippen LogP contribution in [0, 0.1) is 0 Å². The van der Waals surface area contributed by atoms with Crippen LogP contribution in [-0.2, 0) is 11.3 Å². The van der Waals surface area contributed by atoms with E-state index in [1.165, 1.54) is 6.26 Å². The molecule has 6 nitrogen and oxygen atoms in total. The number of furan rings is 1. The Labute approximate surface area is 122 Å². The summed E-state index contributed by atoms with van der Waals surface area (Å²) in [5.41, 5.74) is 1.12. The second-order valence-electron chi connectivity index (χ2n) is 5.05. The first-order valence-corrected chi connectivity index (χ1v) is 6.93. The molecular weight excluding hydrogens is 270 g/mol. The molecule has 110 valence electrons. The molecule has 0 saturated carbocycles. The number of fused-ring (bicyclic) bond motifs is 1. The van der Waals surface area contributed by atoms with Crippen molar-refractivity contribution in [2.24, 2.45) is 0 Å². The minimum atomic E-state index is -0.374. The quantitative estimate of drug-likeness (QED) is 0.928. The maximum atomic E-state index is 12.3. The van der Waals surface area contributed by atoms with Gasteiger partial charge in [-0.05, 0) is 31.2 Å². The Hall–Kier alpha value is -2.50. The van der Waals surface area contributed by atoms with Crippen LogP contribution in [0.5, 0.6) is 0 Å². The van der Waals surface area contributed by atoms with Gasteiger partial charge in [0.25, 0.3) is 5.91 Å². The van der Waals surface area contributed by atoms with Gasteiger partial charge in [-0.3, -0.25) is 9.59 Å². The first kappa shape index (κ1) is 13.5. The Kier molecular flexibility index (Phi) is 3.51. The first-order chi connectivity index (χ1) is 10.2. The molecule has 3 heterocycles. The maximum absolute atomic E-state index is 12.3. The van der Waals surface area contributed by atoms with Crippen LogP contribution in [0.4, 0.5) is 0 Å². The van der Waals surface area contributed by atoms with E-state index in [0.29, 0.717) is 6.54 Å². The third-order valence-corrected chi connectivity index (χ3v) is 3.81. The lowest BCUT2D eigenvalue weighted by atomic mass is 10.1. The van der Waals surface area contributed by atoms with Gasteiger partial charge in [0.15, 0.2) is 5.76 Å². The highest BCUT2D eigenvalue weighted by molar-refractivity contribution is 5.94. The van der Waals surface area contributed by atoms with Gasteiger partial charge in [-0.15, -0.1) is 0 Å². The van der Waals surface area contributed by atoms with Crippen LogP contribution in [0.15, 0.2) is 41.1 Å². The van der Waals surface area contributed by atoms with Crippen LogP contribution in [0.25, 0.3) is 0 Å². The molecule has 0 bridgehead atoms. The topological polar surface area (TPSA) is 67.5 Å². The summed E-state index contributed by atoms with van der Waals surface area (Å²) in [7, 11) is 0. The van der Waals surface area contributed by atoms with Gasteiger partial charge in [0.1, 0.15) is 0 Å². The zero-order valence-corrected chi connectivity index (χ0v) is 11.8. The van der Waals surface area contributed by atoms with Crippen LogP contribution in [0.2, 0.25) is 0 Å². The number of hydrogen-bond acceptors (Lipinski definition) is 3. The zero-order chi connectivity index (χ0) is 14.8. The number of hydrogen-bond donors (Lipinski definition) is 1. The van der Waals surface area contributed by atoms with E-state index < -0.39 is 0 Å². The second kappa shape index (κ2) is 5.47. The van der Waals surface area contributed by atoms with Crippen LogP contribution in [0.3, 0.4) is 0 Å². The zero-order valence-electron chi connectivity index (χ0n) is 11.8. The van der Waals surface area contributed by atoms with Gasteiger partial charge in [0, 0.05) is 25.0 Å². The van der Waals surface area contributed by atoms with E-state index in [2.05, 4.69) is 9.88 Å². The fourth-order valence-corrected chi connectivity index (χ4v) is 2.67. The van der Waals surface area contributed by atoms with E-state index in [0.717, 1.165) is 12.2 Å². The predicted molar refractivity (Wildman–Crippen MR) is 75.6 cm³/mol. The first-order valence-electron chi connectivity index (χ1n) is 6.93. The lowest BCUT2D eigenvalue weighted by Crippen LogP contribution is -2.45. The molecule has 0 spiro atoms. The Balaban J connectivity index is 1.60.